The molecule has 3 aromatic rings. The Labute approximate surface area is 831 Å². The molecule has 3 fully saturated rings. The van der Waals surface area contributed by atoms with Crippen molar-refractivity contribution in [2.75, 3.05) is 50.0 Å². The molecule has 6 rings (SSSR count). The topological polar surface area (TPSA) is 742 Å². The van der Waals surface area contributed by atoms with E-state index in [4.69, 9.17) is 16.9 Å². The molecule has 0 radical (unpaired) electrons. The first-order valence-electron chi connectivity index (χ1n) is 46.7. The predicted molar refractivity (Wildman–Crippen MR) is 519 cm³/mol. The number of hydrogen-bond donors (Lipinski definition) is 27. The molecule has 0 aliphatic carbocycles. The molecule has 19 amide bonds. The SMILES string of the molecule is CC(=O)N[C@@H](C)C(=O)N[C@@H](CCCNC(=N)N)C(=O)N[C@@H](CC(=O)O)C(=O)N[C@@H](CS)C(=O)N1CCC[C@H]1C(=O)N[C@@H](CC(C)C)C(=O)N[C@H](C(=O)N[C@@H](CC(N)=O)C(=O)N1CCC[C@H]1C(=O)N[C@@H](CC(C)C)C(=O)N[C@@H](CS)C(=O)N[C@@H](CC(C)C)C(=O)N[C@@H](Cc1cnc[nH]1)C(=O)N1CCC[C@H]1C(=O)NCC(=O)N[C@@H](Cc1c[nH]c2ccccc12)C(=O)N[C@H](C(=O)N[C@@H](CS)C(=O)O)[C@@H](C)O)C(C)C. The van der Waals surface area contributed by atoms with Crippen molar-refractivity contribution in [2.45, 2.75) is 281 Å². The van der Waals surface area contributed by atoms with Crippen molar-refractivity contribution < 1.29 is 116 Å². The van der Waals surface area contributed by atoms with Crippen molar-refractivity contribution in [2.24, 2.45) is 35.1 Å². The van der Waals surface area contributed by atoms with Gasteiger partial charge in [0.15, 0.2) is 5.96 Å². The average molecular weight is 2040 g/mol. The van der Waals surface area contributed by atoms with Crippen LogP contribution in [0.3, 0.4) is 0 Å². The summed E-state index contributed by atoms with van der Waals surface area (Å²) in [7, 11) is 0. The number of carboxylic acid groups (broad SMARTS) is 2. The summed E-state index contributed by atoms with van der Waals surface area (Å²) in [5, 5.41) is 78.6. The van der Waals surface area contributed by atoms with Crippen LogP contribution in [0.15, 0.2) is 43.0 Å². The molecule has 1 aromatic carbocycles. The number of aliphatic hydroxyl groups is 1. The number of nitrogens with zero attached hydrogens (tertiary/aromatic N) is 4. The van der Waals surface area contributed by atoms with Crippen LogP contribution in [-0.2, 0) is 114 Å². The van der Waals surface area contributed by atoms with E-state index in [0.717, 1.165) is 16.7 Å². The van der Waals surface area contributed by atoms with Gasteiger partial charge >= 0.3 is 11.9 Å². The van der Waals surface area contributed by atoms with Gasteiger partial charge in [-0.2, -0.15) is 37.9 Å². The summed E-state index contributed by atoms with van der Waals surface area (Å²) in [4.78, 5) is 305. The fourth-order valence-electron chi connectivity index (χ4n) is 16.4. The number of rotatable bonds is 56. The summed E-state index contributed by atoms with van der Waals surface area (Å²) in [6.45, 7) is 16.4. The number of guanidine groups is 1. The maximum atomic E-state index is 14.9. The third-order valence-corrected chi connectivity index (χ3v) is 24.6. The minimum Gasteiger partial charge on any atom is -0.481 e. The molecule has 52 heteroatoms. The predicted octanol–water partition coefficient (Wildman–Crippen LogP) is -5.75. The Morgan fingerprint density at radius 3 is 1.40 bits per heavy atom. The molecule has 0 bridgehead atoms. The maximum absolute atomic E-state index is 14.9. The molecule has 0 unspecified atom stereocenters. The Hall–Kier alpha value is -12.9. The van der Waals surface area contributed by atoms with Gasteiger partial charge in [0.1, 0.15) is 103 Å². The second kappa shape index (κ2) is 56.5. The summed E-state index contributed by atoms with van der Waals surface area (Å²) >= 11 is 12.6. The van der Waals surface area contributed by atoms with Gasteiger partial charge in [0.05, 0.1) is 31.8 Å². The third kappa shape index (κ3) is 36.3. The van der Waals surface area contributed by atoms with Gasteiger partial charge in [0.2, 0.25) is 112 Å². The second-order valence-electron chi connectivity index (χ2n) is 36.8. The number of aromatic nitrogens is 3. The number of aromatic amines is 2. The highest BCUT2D eigenvalue weighted by molar-refractivity contribution is 7.80. The number of amides is 19. The van der Waals surface area contributed by atoms with E-state index in [9.17, 15) is 116 Å². The van der Waals surface area contributed by atoms with Crippen LogP contribution in [-0.4, -0.2) is 334 Å². The fourth-order valence-corrected chi connectivity index (χ4v) is 17.1. The fraction of sp³-hybridized carbons (Fsp3) is 0.629. The number of carbonyl (C=O) groups excluding carboxylic acids is 19. The number of thiol groups is 3. The molecule has 3 aliphatic rings. The Bertz CT molecular complexity index is 4950. The summed E-state index contributed by atoms with van der Waals surface area (Å²) < 4.78 is 0. The molecule has 0 saturated carbocycles. The Morgan fingerprint density at radius 1 is 0.468 bits per heavy atom. The highest BCUT2D eigenvalue weighted by Crippen LogP contribution is 2.26. The number of benzene rings is 1. The highest BCUT2D eigenvalue weighted by atomic mass is 32.1. The molecule has 49 nitrogen and oxygen atoms in total. The summed E-state index contributed by atoms with van der Waals surface area (Å²) in [6, 6.07) is -17.9. The van der Waals surface area contributed by atoms with E-state index in [2.05, 4.69) is 138 Å². The number of para-hydroxylation sites is 1. The smallest absolute Gasteiger partial charge is 0.327 e. The summed E-state index contributed by atoms with van der Waals surface area (Å²) in [5.74, 6) is -23.4. The zero-order valence-corrected chi connectivity index (χ0v) is 83.4. The number of likely N-dealkylation sites (tertiary alicyclic amines) is 3. The van der Waals surface area contributed by atoms with Crippen LogP contribution >= 0.6 is 37.9 Å². The van der Waals surface area contributed by atoms with E-state index in [1.165, 1.54) is 31.3 Å². The monoisotopic (exact) mass is 2040 g/mol. The second-order valence-corrected chi connectivity index (χ2v) is 37.9. The largest absolute Gasteiger partial charge is 0.481 e. The first-order chi connectivity index (χ1) is 66.5. The molecule has 26 N–H and O–H groups in total. The van der Waals surface area contributed by atoms with Crippen molar-refractivity contribution in [3.63, 3.8) is 0 Å². The van der Waals surface area contributed by atoms with E-state index >= 15 is 0 Å². The lowest BCUT2D eigenvalue weighted by Crippen LogP contribution is -2.62. The molecule has 5 heterocycles. The number of aliphatic carboxylic acids is 2. The van der Waals surface area contributed by atoms with Crippen molar-refractivity contribution >= 4 is 179 Å². The first-order valence-corrected chi connectivity index (χ1v) is 48.6. The maximum Gasteiger partial charge on any atom is 0.327 e. The number of imidazole rings is 1. The van der Waals surface area contributed by atoms with Crippen molar-refractivity contribution in [1.82, 2.24) is 115 Å². The van der Waals surface area contributed by atoms with Gasteiger partial charge < -0.3 is 137 Å². The van der Waals surface area contributed by atoms with Crippen LogP contribution in [0, 0.1) is 29.1 Å². The van der Waals surface area contributed by atoms with Crippen LogP contribution in [0.5, 0.6) is 0 Å². The van der Waals surface area contributed by atoms with E-state index in [1.807, 2.05) is 0 Å². The quantitative estimate of drug-likeness (QED) is 0.0108. The lowest BCUT2D eigenvalue weighted by atomic mass is 9.99. The van der Waals surface area contributed by atoms with E-state index < -0.39 is 264 Å². The molecular weight excluding hydrogens is 1900 g/mol. The number of primary amides is 1. The van der Waals surface area contributed by atoms with Gasteiger partial charge in [-0.3, -0.25) is 101 Å². The van der Waals surface area contributed by atoms with Crippen molar-refractivity contribution in [1.29, 1.82) is 5.41 Å². The number of nitrogens with two attached hydrogens (primary N) is 2. The van der Waals surface area contributed by atoms with Gasteiger partial charge in [0.25, 0.3) is 0 Å². The molecular formula is C89H137N25O24S3. The molecule has 3 aliphatic heterocycles. The zero-order valence-electron chi connectivity index (χ0n) is 80.7. The molecule has 141 heavy (non-hydrogen) atoms. The minimum atomic E-state index is -1.87. The minimum absolute atomic E-state index is 0.00233. The zero-order chi connectivity index (χ0) is 105. The molecule has 3 saturated heterocycles. The number of fused-ring (bicyclic) bond motifs is 1. The Morgan fingerprint density at radius 2 is 0.908 bits per heavy atom. The van der Waals surface area contributed by atoms with Gasteiger partial charge in [-0.25, -0.2) is 9.78 Å². The molecule has 18 atom stereocenters. The van der Waals surface area contributed by atoms with Gasteiger partial charge in [0, 0.05) is 92.2 Å². The van der Waals surface area contributed by atoms with Gasteiger partial charge in [-0.15, -0.1) is 0 Å². The average Bonchev–Trinajstić information content (AvgIpc) is 1.69. The Kier molecular flexibility index (Phi) is 46.8. The molecule has 780 valence electrons. The number of hydrogen-bond acceptors (Lipinski definition) is 27. The lowest BCUT2D eigenvalue weighted by Gasteiger charge is -2.32. The van der Waals surface area contributed by atoms with Gasteiger partial charge in [-0.1, -0.05) is 73.6 Å². The molecule has 2 aromatic heterocycles. The molecule has 0 spiro atoms. The number of aliphatic hydroxyl groups excluding tert-OH is 1. The third-order valence-electron chi connectivity index (χ3n) is 23.5. The van der Waals surface area contributed by atoms with Crippen LogP contribution in [0.25, 0.3) is 10.9 Å². The number of H-pyrrole nitrogens is 2. The summed E-state index contributed by atoms with van der Waals surface area (Å²) in [5.41, 5.74) is 12.7. The van der Waals surface area contributed by atoms with Crippen LogP contribution < -0.4 is 96.5 Å². The number of nitrogens with one attached hydrogen (secondary N) is 19. The van der Waals surface area contributed by atoms with E-state index in [1.54, 1.807) is 85.9 Å². The van der Waals surface area contributed by atoms with Crippen molar-refractivity contribution in [3.05, 3.63) is 54.2 Å². The normalized spacial score (nSPS) is 17.8. The van der Waals surface area contributed by atoms with E-state index in [0.29, 0.717) is 22.2 Å². The lowest BCUT2D eigenvalue weighted by molar-refractivity contribution is -0.144. The number of carbonyl (C=O) groups is 21. The number of carboxylic acids is 2. The Balaban J connectivity index is 1.10. The van der Waals surface area contributed by atoms with Crippen LogP contribution in [0.2, 0.25) is 0 Å². The van der Waals surface area contributed by atoms with E-state index in [-0.39, 0.29) is 145 Å². The standard InChI is InChI=1S/C89H137N25O24S3/c1-42(2)28-54(74(123)105-59(32-50-36-93-41-97-50)85(134)112-25-15-21-64(112)80(129)96-37-68(118)99-57(31-49-35-95-52-19-13-12-18-51(49)52)78(127)111-71(47(10)115)84(133)109-63(40-141)88(137)138)101-79(128)61(38-139)107-75(124)55(29-43(3)4)103-81(130)65-22-16-26-113(65)86(135)60(33-67(90)117)106-83(132)70(45(7)8)110-77(126)56(30-44(5)6)104-82(131)66-23-17-27-114(66)87(136)62(39-140)108-76(125)58(34-69(119)120)102-73(122)53(20-14-24-94-89(91)92)100-72(121)46(9)98-48(11)116/h12-13,18-19,35-36,41-47,53-66,70-71,95,115,139-141H,14-17,20-34,37-40H2,1-11H3,(H2,90,117)(H,93,97)(H,96,129)(H,98,116)(H,99,118)(H,100,121)(H,101,128)(H,102,122)(H,103,130)(H,104,131)(H,105,123)(H,106,132)(H,107,124)(H,108,125)(H,109,133)(H,110,126)(H,111,127)(H,119,120)(H,137,138)(H4,91,92,94)/t46-,47+,53-,54-,55-,56-,57-,58-,59-,60-,61-,62-,63-,64-,65-,66-,70-,71-/m0/s1. The van der Waals surface area contributed by atoms with Crippen LogP contribution in [0.1, 0.15) is 171 Å². The van der Waals surface area contributed by atoms with Crippen LogP contribution in [0.4, 0.5) is 0 Å². The van der Waals surface area contributed by atoms with Gasteiger partial charge in [-0.05, 0) is 120 Å². The highest BCUT2D eigenvalue weighted by Gasteiger charge is 2.46. The summed E-state index contributed by atoms with van der Waals surface area (Å²) in [6.07, 6.45) is 1.25. The van der Waals surface area contributed by atoms with Crippen molar-refractivity contribution in [3.8, 4) is 0 Å². The first kappa shape index (κ1) is 117.